The van der Waals surface area contributed by atoms with Crippen LogP contribution >= 0.6 is 0 Å². The summed E-state index contributed by atoms with van der Waals surface area (Å²) in [5.41, 5.74) is 2.56. The molecule has 3 aromatic rings. The van der Waals surface area contributed by atoms with Gasteiger partial charge in [-0.05, 0) is 29.7 Å². The van der Waals surface area contributed by atoms with Crippen molar-refractivity contribution in [3.8, 4) is 0 Å². The Morgan fingerprint density at radius 2 is 1.52 bits per heavy atom. The Morgan fingerprint density at radius 1 is 0.880 bits per heavy atom. The molecule has 124 valence electrons. The molecule has 25 heavy (non-hydrogen) atoms. The minimum absolute atomic E-state index is 0.303. The number of rotatable bonds is 3. The molecule has 0 radical (unpaired) electrons. The van der Waals surface area contributed by atoms with E-state index >= 15 is 0 Å². The summed E-state index contributed by atoms with van der Waals surface area (Å²) >= 11 is 0. The molecule has 0 bridgehead atoms. The van der Waals surface area contributed by atoms with Crippen LogP contribution in [0, 0.1) is 6.92 Å². The molecular formula is C22H19NO2. The molecule has 1 aliphatic rings. The molecule has 1 aliphatic heterocycles. The number of fused-ring (bicyclic) bond motifs is 1. The van der Waals surface area contributed by atoms with Gasteiger partial charge in [0.2, 0.25) is 0 Å². The molecule has 0 saturated carbocycles. The molecule has 1 amide bonds. The number of hydrogen-bond donors (Lipinski definition) is 1. The van der Waals surface area contributed by atoms with Crippen LogP contribution in [0.1, 0.15) is 22.3 Å². The van der Waals surface area contributed by atoms with Crippen molar-refractivity contribution >= 4 is 11.6 Å². The van der Waals surface area contributed by atoms with Crippen LogP contribution < -0.4 is 4.90 Å². The Hall–Kier alpha value is -2.91. The number of carbonyl (C=O) groups is 1. The quantitative estimate of drug-likeness (QED) is 0.794. The first kappa shape index (κ1) is 15.6. The third kappa shape index (κ3) is 2.36. The summed E-state index contributed by atoms with van der Waals surface area (Å²) in [4.78, 5) is 15.0. The van der Waals surface area contributed by atoms with Crippen molar-refractivity contribution < 1.29 is 9.90 Å². The maximum atomic E-state index is 13.3. The Labute approximate surface area is 147 Å². The third-order valence-electron chi connectivity index (χ3n) is 4.92. The fraction of sp³-hybridized carbons (Fsp3) is 0.136. The van der Waals surface area contributed by atoms with Crippen LogP contribution in [0.4, 0.5) is 5.69 Å². The summed E-state index contributed by atoms with van der Waals surface area (Å²) in [5, 5.41) is 11.4. The number of anilines is 1. The Morgan fingerprint density at radius 3 is 2.28 bits per heavy atom. The zero-order valence-corrected chi connectivity index (χ0v) is 14.0. The number of hydrogen-bond acceptors (Lipinski definition) is 2. The summed E-state index contributed by atoms with van der Waals surface area (Å²) in [5.74, 6) is -0.303. The number of carbonyl (C=O) groups excluding carboxylic acids is 1. The minimum Gasteiger partial charge on any atom is -0.372 e. The smallest absolute Gasteiger partial charge is 0.268 e. The fourth-order valence-corrected chi connectivity index (χ4v) is 3.51. The summed E-state index contributed by atoms with van der Waals surface area (Å²) in [6.45, 7) is 2.48. The van der Waals surface area contributed by atoms with Crippen molar-refractivity contribution in [2.75, 3.05) is 4.90 Å². The molecule has 0 aliphatic carbocycles. The molecule has 0 saturated heterocycles. The number of benzene rings is 3. The first-order valence-corrected chi connectivity index (χ1v) is 8.36. The van der Waals surface area contributed by atoms with Crippen LogP contribution in [0.3, 0.4) is 0 Å². The fourth-order valence-electron chi connectivity index (χ4n) is 3.51. The molecule has 4 rings (SSSR count). The Balaban J connectivity index is 1.83. The van der Waals surface area contributed by atoms with Gasteiger partial charge in [0, 0.05) is 5.56 Å². The first-order valence-electron chi connectivity index (χ1n) is 8.36. The van der Waals surface area contributed by atoms with Crippen LogP contribution in [0.2, 0.25) is 0 Å². The van der Waals surface area contributed by atoms with E-state index in [4.69, 9.17) is 0 Å². The third-order valence-corrected chi connectivity index (χ3v) is 4.92. The number of para-hydroxylation sites is 1. The molecule has 0 aromatic heterocycles. The lowest BCUT2D eigenvalue weighted by molar-refractivity contribution is -0.132. The second-order valence-electron chi connectivity index (χ2n) is 6.41. The monoisotopic (exact) mass is 329 g/mol. The molecule has 3 nitrogen and oxygen atoms in total. The van der Waals surface area contributed by atoms with Crippen LogP contribution in [-0.4, -0.2) is 11.0 Å². The second kappa shape index (κ2) is 5.87. The van der Waals surface area contributed by atoms with Crippen molar-refractivity contribution in [2.45, 2.75) is 19.1 Å². The van der Waals surface area contributed by atoms with Gasteiger partial charge in [0.1, 0.15) is 0 Å². The first-order chi connectivity index (χ1) is 12.1. The zero-order valence-electron chi connectivity index (χ0n) is 14.0. The lowest BCUT2D eigenvalue weighted by Crippen LogP contribution is -2.40. The van der Waals surface area contributed by atoms with Crippen LogP contribution in [0.25, 0.3) is 0 Å². The van der Waals surface area contributed by atoms with Gasteiger partial charge in [-0.2, -0.15) is 0 Å². The number of aliphatic hydroxyl groups is 1. The van der Waals surface area contributed by atoms with Crippen molar-refractivity contribution in [3.05, 3.63) is 101 Å². The standard InChI is InChI=1S/C22H19NO2/c1-16-9-5-6-10-17(16)15-23-20-14-8-7-13-19(20)22(25,21(23)24)18-11-3-2-4-12-18/h2-14,25H,15H2,1H3. The maximum absolute atomic E-state index is 13.3. The van der Waals surface area contributed by atoms with Crippen molar-refractivity contribution in [2.24, 2.45) is 0 Å². The summed E-state index contributed by atoms with van der Waals surface area (Å²) < 4.78 is 0. The predicted molar refractivity (Wildman–Crippen MR) is 98.3 cm³/mol. The molecule has 1 unspecified atom stereocenters. The summed E-state index contributed by atoms with van der Waals surface area (Å²) in [6.07, 6.45) is 0. The lowest BCUT2D eigenvalue weighted by atomic mass is 9.87. The van der Waals surface area contributed by atoms with Crippen LogP contribution in [0.5, 0.6) is 0 Å². The average molecular weight is 329 g/mol. The van der Waals surface area contributed by atoms with E-state index in [9.17, 15) is 9.90 Å². The van der Waals surface area contributed by atoms with E-state index in [2.05, 4.69) is 0 Å². The molecule has 3 aromatic carbocycles. The van der Waals surface area contributed by atoms with E-state index in [-0.39, 0.29) is 5.91 Å². The molecule has 1 heterocycles. The second-order valence-corrected chi connectivity index (χ2v) is 6.41. The van der Waals surface area contributed by atoms with Gasteiger partial charge in [-0.15, -0.1) is 0 Å². The minimum atomic E-state index is -1.64. The Kier molecular flexibility index (Phi) is 3.66. The van der Waals surface area contributed by atoms with Crippen LogP contribution in [-0.2, 0) is 16.9 Å². The lowest BCUT2D eigenvalue weighted by Gasteiger charge is -2.24. The van der Waals surface area contributed by atoms with E-state index in [1.54, 1.807) is 17.0 Å². The molecule has 0 fully saturated rings. The van der Waals surface area contributed by atoms with Crippen molar-refractivity contribution in [1.82, 2.24) is 0 Å². The number of amides is 1. The molecule has 3 heteroatoms. The van der Waals surface area contributed by atoms with Crippen molar-refractivity contribution in [3.63, 3.8) is 0 Å². The van der Waals surface area contributed by atoms with Gasteiger partial charge in [-0.1, -0.05) is 72.8 Å². The zero-order chi connectivity index (χ0) is 17.4. The van der Waals surface area contributed by atoms with Gasteiger partial charge < -0.3 is 10.0 Å². The van der Waals surface area contributed by atoms with Gasteiger partial charge in [0.25, 0.3) is 5.91 Å². The van der Waals surface area contributed by atoms with Crippen LogP contribution in [0.15, 0.2) is 78.9 Å². The van der Waals surface area contributed by atoms with Gasteiger partial charge in [-0.3, -0.25) is 4.79 Å². The van der Waals surface area contributed by atoms with E-state index in [1.807, 2.05) is 73.7 Å². The number of aryl methyl sites for hydroxylation is 1. The molecular weight excluding hydrogens is 310 g/mol. The van der Waals surface area contributed by atoms with E-state index in [1.165, 1.54) is 0 Å². The van der Waals surface area contributed by atoms with Gasteiger partial charge in [0.05, 0.1) is 12.2 Å². The maximum Gasteiger partial charge on any atom is 0.268 e. The topological polar surface area (TPSA) is 40.5 Å². The van der Waals surface area contributed by atoms with Gasteiger partial charge >= 0.3 is 0 Å². The van der Waals surface area contributed by atoms with E-state index < -0.39 is 5.60 Å². The SMILES string of the molecule is Cc1ccccc1CN1C(=O)C(O)(c2ccccc2)c2ccccc21. The highest BCUT2D eigenvalue weighted by molar-refractivity contribution is 6.09. The highest BCUT2D eigenvalue weighted by Crippen LogP contribution is 2.44. The number of nitrogens with zero attached hydrogens (tertiary/aromatic N) is 1. The summed E-state index contributed by atoms with van der Waals surface area (Å²) in [6, 6.07) is 24.6. The van der Waals surface area contributed by atoms with E-state index in [0.717, 1.165) is 16.8 Å². The largest absolute Gasteiger partial charge is 0.372 e. The van der Waals surface area contributed by atoms with Gasteiger partial charge in [-0.25, -0.2) is 0 Å². The molecule has 1 atom stereocenters. The highest BCUT2D eigenvalue weighted by atomic mass is 16.3. The molecule has 0 spiro atoms. The highest BCUT2D eigenvalue weighted by Gasteiger charge is 2.50. The van der Waals surface area contributed by atoms with E-state index in [0.29, 0.717) is 17.7 Å². The average Bonchev–Trinajstić information content (AvgIpc) is 2.87. The summed E-state index contributed by atoms with van der Waals surface area (Å²) in [7, 11) is 0. The van der Waals surface area contributed by atoms with Crippen molar-refractivity contribution in [1.29, 1.82) is 0 Å². The molecule has 1 N–H and O–H groups in total. The normalized spacial score (nSPS) is 19.1. The van der Waals surface area contributed by atoms with Gasteiger partial charge in [0.15, 0.2) is 5.60 Å². The Bertz CT molecular complexity index is 936. The predicted octanol–water partition coefficient (Wildman–Crippen LogP) is 3.78.